The molecule has 2 aromatic heterocycles. The Morgan fingerprint density at radius 2 is 1.95 bits per heavy atom. The maximum atomic E-state index is 9.52. The van der Waals surface area contributed by atoms with E-state index < -0.39 is 0 Å². The van der Waals surface area contributed by atoms with E-state index in [0.29, 0.717) is 0 Å². The van der Waals surface area contributed by atoms with E-state index in [2.05, 4.69) is 4.98 Å². The van der Waals surface area contributed by atoms with Gasteiger partial charge in [-0.05, 0) is 55.8 Å². The highest BCUT2D eigenvalue weighted by atomic mass is 16.3. The van der Waals surface area contributed by atoms with Gasteiger partial charge >= 0.3 is 0 Å². The van der Waals surface area contributed by atoms with Gasteiger partial charge in [0.1, 0.15) is 11.4 Å². The number of rotatable bonds is 3. The normalized spacial score (nSPS) is 11.8. The number of phenols is 1. The fraction of sp³-hybridized carbons (Fsp3) is 0.111. The van der Waals surface area contributed by atoms with Crippen LogP contribution in [0.5, 0.6) is 5.75 Å². The molecule has 0 atom stereocenters. The lowest BCUT2D eigenvalue weighted by atomic mass is 10.1. The van der Waals surface area contributed by atoms with E-state index in [1.807, 2.05) is 48.8 Å². The Labute approximate surface area is 128 Å². The molecule has 0 fully saturated rings. The SMILES string of the molecule is C/C=C(/C)c1c(C=N)c2cccnc2n1-c1ccc(O)cc1. The molecule has 3 aromatic rings. The topological polar surface area (TPSA) is 61.9 Å². The third-order valence-corrected chi connectivity index (χ3v) is 3.83. The van der Waals surface area contributed by atoms with Gasteiger partial charge in [0, 0.05) is 29.0 Å². The fourth-order valence-corrected chi connectivity index (χ4v) is 2.66. The van der Waals surface area contributed by atoms with Gasteiger partial charge in [-0.3, -0.25) is 4.57 Å². The van der Waals surface area contributed by atoms with Crippen molar-refractivity contribution >= 4 is 22.8 Å². The van der Waals surface area contributed by atoms with Crippen molar-refractivity contribution in [3.63, 3.8) is 0 Å². The summed E-state index contributed by atoms with van der Waals surface area (Å²) in [5, 5.41) is 18.3. The summed E-state index contributed by atoms with van der Waals surface area (Å²) in [7, 11) is 0. The Balaban J connectivity index is 2.46. The minimum atomic E-state index is 0.227. The second-order valence-corrected chi connectivity index (χ2v) is 5.10. The van der Waals surface area contributed by atoms with Crippen molar-refractivity contribution < 1.29 is 5.11 Å². The smallest absolute Gasteiger partial charge is 0.145 e. The lowest BCUT2D eigenvalue weighted by molar-refractivity contribution is 0.475. The van der Waals surface area contributed by atoms with Crippen LogP contribution in [0.4, 0.5) is 0 Å². The first-order chi connectivity index (χ1) is 10.7. The molecule has 0 aliphatic carbocycles. The molecule has 0 spiro atoms. The molecule has 4 heteroatoms. The zero-order valence-corrected chi connectivity index (χ0v) is 12.5. The molecule has 22 heavy (non-hydrogen) atoms. The molecule has 4 nitrogen and oxygen atoms in total. The largest absolute Gasteiger partial charge is 0.508 e. The number of benzene rings is 1. The van der Waals surface area contributed by atoms with Crippen molar-refractivity contribution in [1.29, 1.82) is 5.41 Å². The Morgan fingerprint density at radius 3 is 2.59 bits per heavy atom. The number of fused-ring (bicyclic) bond motifs is 1. The number of phenolic OH excluding ortho intramolecular Hbond substituents is 1. The summed E-state index contributed by atoms with van der Waals surface area (Å²) in [6, 6.07) is 10.9. The van der Waals surface area contributed by atoms with Crippen LogP contribution in [0.1, 0.15) is 25.1 Å². The predicted molar refractivity (Wildman–Crippen MR) is 89.9 cm³/mol. The Morgan fingerprint density at radius 1 is 1.23 bits per heavy atom. The second-order valence-electron chi connectivity index (χ2n) is 5.10. The molecule has 2 heterocycles. The summed E-state index contributed by atoms with van der Waals surface area (Å²) in [6.45, 7) is 4.01. The molecule has 0 unspecified atom stereocenters. The number of nitrogens with one attached hydrogen (secondary N) is 1. The van der Waals surface area contributed by atoms with Gasteiger partial charge in [-0.2, -0.15) is 0 Å². The number of allylic oxidation sites excluding steroid dienone is 2. The lowest BCUT2D eigenvalue weighted by Gasteiger charge is -2.11. The van der Waals surface area contributed by atoms with Gasteiger partial charge in [0.15, 0.2) is 0 Å². The van der Waals surface area contributed by atoms with Crippen LogP contribution >= 0.6 is 0 Å². The first-order valence-electron chi connectivity index (χ1n) is 7.10. The molecule has 0 saturated carbocycles. The average molecular weight is 291 g/mol. The number of aromatic nitrogens is 2. The summed E-state index contributed by atoms with van der Waals surface area (Å²) in [5.74, 6) is 0.227. The summed E-state index contributed by atoms with van der Waals surface area (Å²) in [5.41, 5.74) is 4.60. The standard InChI is InChI=1S/C18H17N3O/c1-3-12(2)17-16(11-19)15-5-4-10-20-18(15)21(17)13-6-8-14(22)9-7-13/h3-11,19,22H,1-2H3/b12-3-,19-11?. The van der Waals surface area contributed by atoms with E-state index in [4.69, 9.17) is 5.41 Å². The lowest BCUT2D eigenvalue weighted by Crippen LogP contribution is -2.01. The number of pyridine rings is 1. The summed E-state index contributed by atoms with van der Waals surface area (Å²) >= 11 is 0. The summed E-state index contributed by atoms with van der Waals surface area (Å²) < 4.78 is 2.03. The maximum Gasteiger partial charge on any atom is 0.145 e. The van der Waals surface area contributed by atoms with Gasteiger partial charge in [-0.1, -0.05) is 6.08 Å². The highest BCUT2D eigenvalue weighted by Crippen LogP contribution is 2.32. The molecule has 0 radical (unpaired) electrons. The molecule has 0 saturated heterocycles. The summed E-state index contributed by atoms with van der Waals surface area (Å²) in [6.07, 6.45) is 5.16. The highest BCUT2D eigenvalue weighted by Gasteiger charge is 2.18. The molecular weight excluding hydrogens is 274 g/mol. The Hall–Kier alpha value is -2.88. The first-order valence-corrected chi connectivity index (χ1v) is 7.10. The molecule has 1 aromatic carbocycles. The minimum absolute atomic E-state index is 0.227. The second kappa shape index (κ2) is 5.48. The van der Waals surface area contributed by atoms with Crippen molar-refractivity contribution in [3.05, 3.63) is 59.9 Å². The van der Waals surface area contributed by atoms with Crippen LogP contribution in [0, 0.1) is 5.41 Å². The van der Waals surface area contributed by atoms with Crippen LogP contribution in [0.25, 0.3) is 22.3 Å². The van der Waals surface area contributed by atoms with Crippen LogP contribution < -0.4 is 0 Å². The zero-order valence-electron chi connectivity index (χ0n) is 12.5. The van der Waals surface area contributed by atoms with Crippen molar-refractivity contribution in [2.24, 2.45) is 0 Å². The number of hydrogen-bond acceptors (Lipinski definition) is 3. The number of aromatic hydroxyl groups is 1. The van der Waals surface area contributed by atoms with Gasteiger partial charge in [-0.25, -0.2) is 4.98 Å². The van der Waals surface area contributed by atoms with Gasteiger partial charge < -0.3 is 10.5 Å². The van der Waals surface area contributed by atoms with Gasteiger partial charge in [-0.15, -0.1) is 0 Å². The molecule has 3 rings (SSSR count). The monoisotopic (exact) mass is 291 g/mol. The van der Waals surface area contributed by atoms with E-state index >= 15 is 0 Å². The average Bonchev–Trinajstić information content (AvgIpc) is 2.89. The van der Waals surface area contributed by atoms with Crippen molar-refractivity contribution in [2.45, 2.75) is 13.8 Å². The number of hydrogen-bond donors (Lipinski definition) is 2. The maximum absolute atomic E-state index is 9.52. The third-order valence-electron chi connectivity index (χ3n) is 3.83. The molecule has 0 bridgehead atoms. The molecule has 110 valence electrons. The third kappa shape index (κ3) is 2.09. The van der Waals surface area contributed by atoms with E-state index in [9.17, 15) is 5.11 Å². The van der Waals surface area contributed by atoms with Crippen LogP contribution in [0.3, 0.4) is 0 Å². The van der Waals surface area contributed by atoms with Crippen LogP contribution in [0.2, 0.25) is 0 Å². The fourth-order valence-electron chi connectivity index (χ4n) is 2.66. The first kappa shape index (κ1) is 14.1. The van der Waals surface area contributed by atoms with Crippen molar-refractivity contribution in [1.82, 2.24) is 9.55 Å². The van der Waals surface area contributed by atoms with Crippen LogP contribution in [-0.4, -0.2) is 20.9 Å². The van der Waals surface area contributed by atoms with Gasteiger partial charge in [0.25, 0.3) is 0 Å². The Bertz CT molecular complexity index is 873. The molecule has 0 amide bonds. The van der Waals surface area contributed by atoms with Crippen molar-refractivity contribution in [2.75, 3.05) is 0 Å². The quantitative estimate of drug-likeness (QED) is 0.712. The highest BCUT2D eigenvalue weighted by molar-refractivity contribution is 6.03. The van der Waals surface area contributed by atoms with Crippen LogP contribution in [-0.2, 0) is 0 Å². The van der Waals surface area contributed by atoms with E-state index in [-0.39, 0.29) is 5.75 Å². The minimum Gasteiger partial charge on any atom is -0.508 e. The van der Waals surface area contributed by atoms with Crippen molar-refractivity contribution in [3.8, 4) is 11.4 Å². The summed E-state index contributed by atoms with van der Waals surface area (Å²) in [4.78, 5) is 4.50. The molecule has 0 aliphatic heterocycles. The van der Waals surface area contributed by atoms with E-state index in [1.54, 1.807) is 18.3 Å². The van der Waals surface area contributed by atoms with E-state index in [1.165, 1.54) is 6.21 Å². The zero-order chi connectivity index (χ0) is 15.7. The molecular formula is C18H17N3O. The number of nitrogens with zero attached hydrogens (tertiary/aromatic N) is 2. The molecule has 0 aliphatic rings. The molecule has 2 N–H and O–H groups in total. The van der Waals surface area contributed by atoms with Gasteiger partial charge in [0.05, 0.1) is 5.69 Å². The van der Waals surface area contributed by atoms with E-state index in [0.717, 1.165) is 33.6 Å². The van der Waals surface area contributed by atoms with Gasteiger partial charge in [0.2, 0.25) is 0 Å². The Kier molecular flexibility index (Phi) is 3.51. The predicted octanol–water partition coefficient (Wildman–Crippen LogP) is 4.15. The van der Waals surface area contributed by atoms with Crippen LogP contribution in [0.15, 0.2) is 48.7 Å².